The molecule has 0 radical (unpaired) electrons. The lowest BCUT2D eigenvalue weighted by molar-refractivity contribution is -0.117. The molecular formula is C29H20ClN3O6S2. The number of Topliss-reactive ketones (excluding diaryl/α,β-unsaturated/α-hetero) is 1. The van der Waals surface area contributed by atoms with Crippen molar-refractivity contribution in [2.45, 2.75) is 16.1 Å². The van der Waals surface area contributed by atoms with E-state index in [0.29, 0.717) is 31.6 Å². The quantitative estimate of drug-likeness (QED) is 0.112. The highest BCUT2D eigenvalue weighted by Gasteiger charge is 2.47. The first kappa shape index (κ1) is 26.9. The van der Waals surface area contributed by atoms with Crippen LogP contribution < -0.4 is 9.64 Å². The van der Waals surface area contributed by atoms with E-state index in [9.17, 15) is 19.8 Å². The number of ketones is 1. The maximum atomic E-state index is 13.8. The van der Waals surface area contributed by atoms with Crippen molar-refractivity contribution in [1.29, 1.82) is 0 Å². The molecular weight excluding hydrogens is 586 g/mol. The summed E-state index contributed by atoms with van der Waals surface area (Å²) in [5.41, 5.74) is 1.74. The minimum Gasteiger partial charge on any atom is -0.504 e. The van der Waals surface area contributed by atoms with Crippen molar-refractivity contribution in [2.24, 2.45) is 0 Å². The third kappa shape index (κ3) is 5.03. The molecule has 5 aromatic rings. The predicted octanol–water partition coefficient (Wildman–Crippen LogP) is 6.73. The number of furan rings is 1. The van der Waals surface area contributed by atoms with Gasteiger partial charge >= 0.3 is 0 Å². The average Bonchev–Trinajstić information content (AvgIpc) is 3.69. The van der Waals surface area contributed by atoms with Gasteiger partial charge in [0.05, 0.1) is 18.7 Å². The van der Waals surface area contributed by atoms with E-state index in [1.54, 1.807) is 42.5 Å². The van der Waals surface area contributed by atoms with Crippen molar-refractivity contribution in [3.8, 4) is 11.5 Å². The van der Waals surface area contributed by atoms with Gasteiger partial charge in [-0.25, -0.2) is 0 Å². The minimum absolute atomic E-state index is 0.0328. The van der Waals surface area contributed by atoms with Crippen LogP contribution in [0.3, 0.4) is 0 Å². The number of hydrogen-bond donors (Lipinski definition) is 2. The summed E-state index contributed by atoms with van der Waals surface area (Å²) in [6, 6.07) is 19.4. The van der Waals surface area contributed by atoms with Crippen molar-refractivity contribution in [3.05, 3.63) is 106 Å². The number of phenolic OH excluding ortho intramolecular Hbond substituents is 1. The fourth-order valence-electron chi connectivity index (χ4n) is 4.52. The number of fused-ring (bicyclic) bond motifs is 1. The standard InChI is InChI=1S/C29H20ClN3O6S2/c1-38-21-13-17(8-11-19(21)34)24-23(25(35)22-12-16-4-2-3-5-20(16)39-22)26(36)27(37)33(24)28-31-32-29(41-28)40-14-15-6-9-18(30)10-7-15/h2-13,24,34,36H,14H2,1H3. The molecule has 0 bridgehead atoms. The Labute approximate surface area is 246 Å². The van der Waals surface area contributed by atoms with Crippen LogP contribution >= 0.6 is 34.7 Å². The largest absolute Gasteiger partial charge is 0.504 e. The monoisotopic (exact) mass is 605 g/mol. The van der Waals surface area contributed by atoms with Crippen molar-refractivity contribution in [3.63, 3.8) is 0 Å². The molecule has 1 amide bonds. The van der Waals surface area contributed by atoms with Crippen molar-refractivity contribution in [2.75, 3.05) is 12.0 Å². The summed E-state index contributed by atoms with van der Waals surface area (Å²) in [5, 5.41) is 31.2. The number of aliphatic hydroxyl groups excluding tert-OH is 1. The summed E-state index contributed by atoms with van der Waals surface area (Å²) < 4.78 is 11.6. The molecule has 12 heteroatoms. The van der Waals surface area contributed by atoms with Gasteiger partial charge in [0, 0.05) is 16.2 Å². The SMILES string of the molecule is COc1cc(C2C(C(=O)c3cc4ccccc4o3)=C(O)C(=O)N2c2nnc(SCc3ccc(Cl)cc3)s2)ccc1O. The Hall–Kier alpha value is -4.32. The van der Waals surface area contributed by atoms with Gasteiger partial charge in [0.15, 0.2) is 27.4 Å². The number of thioether (sulfide) groups is 1. The topological polar surface area (TPSA) is 126 Å². The number of hydrogen-bond acceptors (Lipinski definition) is 10. The van der Waals surface area contributed by atoms with Gasteiger partial charge in [-0.05, 0) is 47.5 Å². The molecule has 1 aliphatic heterocycles. The molecule has 206 valence electrons. The van der Waals surface area contributed by atoms with Gasteiger partial charge < -0.3 is 19.4 Å². The number of anilines is 1. The number of carbonyl (C=O) groups is 2. The van der Waals surface area contributed by atoms with Crippen LogP contribution in [-0.2, 0) is 10.5 Å². The summed E-state index contributed by atoms with van der Waals surface area (Å²) in [6.45, 7) is 0. The molecule has 3 heterocycles. The predicted molar refractivity (Wildman–Crippen MR) is 156 cm³/mol. The van der Waals surface area contributed by atoms with E-state index in [4.69, 9.17) is 20.8 Å². The first-order valence-electron chi connectivity index (χ1n) is 12.2. The number of methoxy groups -OCH3 is 1. The highest BCUT2D eigenvalue weighted by atomic mass is 35.5. The van der Waals surface area contributed by atoms with E-state index in [-0.39, 0.29) is 28.0 Å². The van der Waals surface area contributed by atoms with Gasteiger partial charge in [-0.15, -0.1) is 10.2 Å². The third-order valence-corrected chi connectivity index (χ3v) is 8.88. The number of aliphatic hydroxyl groups is 1. The van der Waals surface area contributed by atoms with Crippen LogP contribution in [0.25, 0.3) is 11.0 Å². The average molecular weight is 606 g/mol. The van der Waals surface area contributed by atoms with Crippen molar-refractivity contribution >= 4 is 62.5 Å². The maximum absolute atomic E-state index is 13.8. The van der Waals surface area contributed by atoms with E-state index >= 15 is 0 Å². The summed E-state index contributed by atoms with van der Waals surface area (Å²) in [6.07, 6.45) is 0. The van der Waals surface area contributed by atoms with Crippen molar-refractivity contribution < 1.29 is 29.0 Å². The Morgan fingerprint density at radius 2 is 1.88 bits per heavy atom. The second kappa shape index (κ2) is 10.9. The van der Waals surface area contributed by atoms with Gasteiger partial charge in [-0.3, -0.25) is 14.5 Å². The van der Waals surface area contributed by atoms with Gasteiger partial charge in [0.25, 0.3) is 5.91 Å². The first-order chi connectivity index (χ1) is 19.8. The second-order valence-electron chi connectivity index (χ2n) is 9.01. The molecule has 41 heavy (non-hydrogen) atoms. The molecule has 3 aromatic carbocycles. The highest BCUT2D eigenvalue weighted by molar-refractivity contribution is 8.00. The van der Waals surface area contributed by atoms with E-state index in [2.05, 4.69) is 10.2 Å². The van der Waals surface area contributed by atoms with E-state index in [1.807, 2.05) is 18.2 Å². The van der Waals surface area contributed by atoms with Crippen LogP contribution in [0.1, 0.15) is 27.7 Å². The molecule has 1 atom stereocenters. The van der Waals surface area contributed by atoms with Crippen LogP contribution in [0.2, 0.25) is 5.02 Å². The Kier molecular flexibility index (Phi) is 7.16. The Bertz CT molecular complexity index is 1800. The second-order valence-corrected chi connectivity index (χ2v) is 11.6. The number of para-hydroxylation sites is 1. The summed E-state index contributed by atoms with van der Waals surface area (Å²) in [4.78, 5) is 28.6. The molecule has 1 aliphatic rings. The molecule has 6 rings (SSSR count). The molecule has 9 nitrogen and oxygen atoms in total. The lowest BCUT2D eigenvalue weighted by Gasteiger charge is -2.24. The fourth-order valence-corrected chi connectivity index (χ4v) is 6.47. The molecule has 0 spiro atoms. The number of benzene rings is 3. The molecule has 0 saturated carbocycles. The van der Waals surface area contributed by atoms with Crippen LogP contribution in [-0.4, -0.2) is 39.2 Å². The molecule has 2 aromatic heterocycles. The Balaban J connectivity index is 1.38. The molecule has 0 saturated heterocycles. The Morgan fingerprint density at radius 1 is 1.10 bits per heavy atom. The van der Waals surface area contributed by atoms with E-state index in [1.165, 1.54) is 35.9 Å². The van der Waals surface area contributed by atoms with Crippen LogP contribution in [0.4, 0.5) is 5.13 Å². The van der Waals surface area contributed by atoms with Crippen LogP contribution in [0.5, 0.6) is 11.5 Å². The van der Waals surface area contributed by atoms with Crippen LogP contribution in [0, 0.1) is 0 Å². The highest BCUT2D eigenvalue weighted by Crippen LogP contribution is 2.45. The number of rotatable bonds is 8. The van der Waals surface area contributed by atoms with Gasteiger partial charge in [-0.1, -0.05) is 71.1 Å². The normalized spacial score (nSPS) is 15.2. The number of aromatic nitrogens is 2. The number of aromatic hydroxyl groups is 1. The fraction of sp³-hybridized carbons (Fsp3) is 0.103. The van der Waals surface area contributed by atoms with Gasteiger partial charge in [0.2, 0.25) is 10.9 Å². The third-order valence-electron chi connectivity index (χ3n) is 6.50. The number of carbonyl (C=O) groups excluding carboxylic acids is 2. The first-order valence-corrected chi connectivity index (χ1v) is 14.4. The summed E-state index contributed by atoms with van der Waals surface area (Å²) in [5.74, 6) is -1.62. The summed E-state index contributed by atoms with van der Waals surface area (Å²) >= 11 is 8.55. The number of nitrogens with zero attached hydrogens (tertiary/aromatic N) is 3. The minimum atomic E-state index is -1.10. The summed E-state index contributed by atoms with van der Waals surface area (Å²) in [7, 11) is 1.39. The van der Waals surface area contributed by atoms with Gasteiger partial charge in [0.1, 0.15) is 5.58 Å². The molecule has 1 unspecified atom stereocenters. The number of halogens is 1. The van der Waals surface area contributed by atoms with Crippen molar-refractivity contribution in [1.82, 2.24) is 10.2 Å². The Morgan fingerprint density at radius 3 is 2.63 bits per heavy atom. The zero-order valence-electron chi connectivity index (χ0n) is 21.3. The van der Waals surface area contributed by atoms with E-state index < -0.39 is 23.5 Å². The molecule has 0 fully saturated rings. The number of ether oxygens (including phenoxy) is 1. The smallest absolute Gasteiger partial charge is 0.296 e. The van der Waals surface area contributed by atoms with Gasteiger partial charge in [-0.2, -0.15) is 0 Å². The number of amides is 1. The maximum Gasteiger partial charge on any atom is 0.296 e. The molecule has 0 aliphatic carbocycles. The molecule has 2 N–H and O–H groups in total. The van der Waals surface area contributed by atoms with E-state index in [0.717, 1.165) is 16.9 Å². The zero-order chi connectivity index (χ0) is 28.7. The number of phenols is 1. The lowest BCUT2D eigenvalue weighted by Crippen LogP contribution is -2.31. The van der Waals surface area contributed by atoms with Crippen LogP contribution in [0.15, 0.2) is 92.9 Å². The zero-order valence-corrected chi connectivity index (χ0v) is 23.7. The lowest BCUT2D eigenvalue weighted by atomic mass is 9.95.